The Morgan fingerprint density at radius 2 is 2.19 bits per heavy atom. The van der Waals surface area contributed by atoms with E-state index in [2.05, 4.69) is 10.1 Å². The first-order chi connectivity index (χ1) is 9.79. The maximum absolute atomic E-state index is 11.1. The molecule has 0 saturated heterocycles. The summed E-state index contributed by atoms with van der Waals surface area (Å²) in [5.41, 5.74) is -0.304. The molecule has 0 spiro atoms. The summed E-state index contributed by atoms with van der Waals surface area (Å²) < 4.78 is 0. The van der Waals surface area contributed by atoms with Crippen molar-refractivity contribution < 1.29 is 14.9 Å². The quantitative estimate of drug-likeness (QED) is 0.532. The SMILES string of the molecule is CC(C)(C)O/N=C/c1cc([N+](=O)[O-])c2cccnc2c1O. The lowest BCUT2D eigenvalue weighted by Gasteiger charge is -2.14. The van der Waals surface area contributed by atoms with Crippen molar-refractivity contribution in [1.82, 2.24) is 4.98 Å². The topological polar surface area (TPSA) is 97.9 Å². The summed E-state index contributed by atoms with van der Waals surface area (Å²) in [6, 6.07) is 4.35. The number of nitro benzene ring substituents is 1. The third kappa shape index (κ3) is 3.25. The number of phenolic OH excluding ortho intramolecular Hbond substituents is 1. The molecule has 0 amide bonds. The van der Waals surface area contributed by atoms with Crippen molar-refractivity contribution in [2.45, 2.75) is 26.4 Å². The van der Waals surface area contributed by atoms with Crippen molar-refractivity contribution in [1.29, 1.82) is 0 Å². The van der Waals surface area contributed by atoms with Gasteiger partial charge in [-0.1, -0.05) is 5.16 Å². The van der Waals surface area contributed by atoms with E-state index in [0.717, 1.165) is 0 Å². The largest absolute Gasteiger partial charge is 0.505 e. The Morgan fingerprint density at radius 1 is 1.48 bits per heavy atom. The maximum Gasteiger partial charge on any atom is 0.279 e. The standard InChI is InChI=1S/C14H15N3O4/c1-14(2,3)21-16-8-9-7-11(17(19)20)10-5-4-6-15-12(10)13(9)18/h4-8,18H,1-3H3/b16-8+. The Bertz CT molecular complexity index is 720. The third-order valence-corrected chi connectivity index (χ3v) is 2.59. The lowest BCUT2D eigenvalue weighted by molar-refractivity contribution is -0.383. The van der Waals surface area contributed by atoms with E-state index in [1.54, 1.807) is 6.07 Å². The first-order valence-electron chi connectivity index (χ1n) is 6.26. The van der Waals surface area contributed by atoms with Crippen LogP contribution in [0.15, 0.2) is 29.6 Å². The first kappa shape index (κ1) is 14.7. The van der Waals surface area contributed by atoms with E-state index in [1.165, 1.54) is 24.5 Å². The fourth-order valence-electron chi connectivity index (χ4n) is 1.72. The Hall–Kier alpha value is -2.70. The molecule has 1 aromatic carbocycles. The number of pyridine rings is 1. The van der Waals surface area contributed by atoms with E-state index in [1.807, 2.05) is 20.8 Å². The molecule has 7 nitrogen and oxygen atoms in total. The van der Waals surface area contributed by atoms with E-state index < -0.39 is 10.5 Å². The molecule has 1 heterocycles. The average Bonchev–Trinajstić information content (AvgIpc) is 2.40. The number of nitrogens with zero attached hydrogens (tertiary/aromatic N) is 3. The second-order valence-corrected chi connectivity index (χ2v) is 5.43. The molecule has 0 saturated carbocycles. The van der Waals surface area contributed by atoms with Crippen LogP contribution in [0.2, 0.25) is 0 Å². The van der Waals surface area contributed by atoms with Crippen LogP contribution in [0.3, 0.4) is 0 Å². The summed E-state index contributed by atoms with van der Waals surface area (Å²) in [5, 5.41) is 25.3. The van der Waals surface area contributed by atoms with E-state index >= 15 is 0 Å². The summed E-state index contributed by atoms with van der Waals surface area (Å²) in [4.78, 5) is 19.8. The maximum atomic E-state index is 11.1. The zero-order chi connectivity index (χ0) is 15.6. The highest BCUT2D eigenvalue weighted by Crippen LogP contribution is 2.33. The Morgan fingerprint density at radius 3 is 2.81 bits per heavy atom. The van der Waals surface area contributed by atoms with Crippen LogP contribution >= 0.6 is 0 Å². The number of non-ortho nitro benzene ring substituents is 1. The molecule has 1 aromatic heterocycles. The molecule has 0 aliphatic carbocycles. The van der Waals surface area contributed by atoms with Gasteiger partial charge < -0.3 is 9.94 Å². The van der Waals surface area contributed by atoms with Crippen molar-refractivity contribution in [3.63, 3.8) is 0 Å². The molecule has 0 radical (unpaired) electrons. The molecular formula is C14H15N3O4. The molecule has 0 fully saturated rings. The molecule has 1 N–H and O–H groups in total. The van der Waals surface area contributed by atoms with Gasteiger partial charge in [0.05, 0.1) is 16.5 Å². The van der Waals surface area contributed by atoms with Crippen LogP contribution in [0.1, 0.15) is 26.3 Å². The van der Waals surface area contributed by atoms with E-state index in [9.17, 15) is 15.2 Å². The van der Waals surface area contributed by atoms with Gasteiger partial charge in [0.1, 0.15) is 11.1 Å². The number of aromatic nitrogens is 1. The number of hydrogen-bond acceptors (Lipinski definition) is 6. The van der Waals surface area contributed by atoms with Gasteiger partial charge in [0.25, 0.3) is 5.69 Å². The van der Waals surface area contributed by atoms with Crippen molar-refractivity contribution in [3.8, 4) is 5.75 Å². The lowest BCUT2D eigenvalue weighted by Crippen LogP contribution is -2.15. The second kappa shape index (κ2) is 5.35. The fourth-order valence-corrected chi connectivity index (χ4v) is 1.72. The molecule has 2 rings (SSSR count). The number of hydrogen-bond donors (Lipinski definition) is 1. The molecule has 0 unspecified atom stereocenters. The first-order valence-corrected chi connectivity index (χ1v) is 6.26. The summed E-state index contributed by atoms with van der Waals surface area (Å²) in [5.74, 6) is -0.169. The predicted octanol–water partition coefficient (Wildman–Crippen LogP) is 3.00. The van der Waals surface area contributed by atoms with Gasteiger partial charge in [-0.3, -0.25) is 15.1 Å². The van der Waals surface area contributed by atoms with Gasteiger partial charge in [0, 0.05) is 17.8 Å². The average molecular weight is 289 g/mol. The molecule has 0 aliphatic heterocycles. The minimum atomic E-state index is -0.522. The molecular weight excluding hydrogens is 274 g/mol. The molecule has 110 valence electrons. The van der Waals surface area contributed by atoms with Crippen LogP contribution < -0.4 is 0 Å². The van der Waals surface area contributed by atoms with Gasteiger partial charge in [-0.05, 0) is 32.9 Å². The normalized spacial score (nSPS) is 12.0. The molecule has 7 heteroatoms. The van der Waals surface area contributed by atoms with E-state index in [-0.39, 0.29) is 27.9 Å². The van der Waals surface area contributed by atoms with Crippen molar-refractivity contribution >= 4 is 22.8 Å². The van der Waals surface area contributed by atoms with Crippen LogP contribution in [-0.4, -0.2) is 26.8 Å². The van der Waals surface area contributed by atoms with E-state index in [0.29, 0.717) is 0 Å². The number of oxime groups is 1. The Balaban J connectivity index is 2.55. The summed E-state index contributed by atoms with van der Waals surface area (Å²) in [6.45, 7) is 5.44. The van der Waals surface area contributed by atoms with Gasteiger partial charge in [-0.15, -0.1) is 0 Å². The van der Waals surface area contributed by atoms with Crippen molar-refractivity contribution in [2.75, 3.05) is 0 Å². The zero-order valence-electron chi connectivity index (χ0n) is 11.9. The Kier molecular flexibility index (Phi) is 3.75. The van der Waals surface area contributed by atoms with Crippen LogP contribution in [0.4, 0.5) is 5.69 Å². The summed E-state index contributed by atoms with van der Waals surface area (Å²) in [7, 11) is 0. The number of fused-ring (bicyclic) bond motifs is 1. The number of phenols is 1. The predicted molar refractivity (Wildman–Crippen MR) is 78.5 cm³/mol. The number of rotatable bonds is 3. The molecule has 21 heavy (non-hydrogen) atoms. The minimum Gasteiger partial charge on any atom is -0.505 e. The highest BCUT2D eigenvalue weighted by Gasteiger charge is 2.19. The molecule has 0 bridgehead atoms. The number of benzene rings is 1. The van der Waals surface area contributed by atoms with Crippen LogP contribution in [-0.2, 0) is 4.84 Å². The van der Waals surface area contributed by atoms with Gasteiger partial charge in [-0.25, -0.2) is 0 Å². The summed E-state index contributed by atoms with van der Waals surface area (Å²) >= 11 is 0. The molecule has 0 aliphatic rings. The van der Waals surface area contributed by atoms with Gasteiger partial charge >= 0.3 is 0 Å². The fraction of sp³-hybridized carbons (Fsp3) is 0.286. The van der Waals surface area contributed by atoms with Crippen LogP contribution in [0.25, 0.3) is 10.9 Å². The van der Waals surface area contributed by atoms with Gasteiger partial charge in [-0.2, -0.15) is 0 Å². The highest BCUT2D eigenvalue weighted by molar-refractivity contribution is 5.99. The Labute approximate surface area is 121 Å². The number of aromatic hydroxyl groups is 1. The van der Waals surface area contributed by atoms with Crippen LogP contribution in [0.5, 0.6) is 5.75 Å². The molecule has 0 atom stereocenters. The minimum absolute atomic E-state index is 0.145. The summed E-state index contributed by atoms with van der Waals surface area (Å²) in [6.07, 6.45) is 2.69. The van der Waals surface area contributed by atoms with Gasteiger partial charge in [0.2, 0.25) is 0 Å². The lowest BCUT2D eigenvalue weighted by atomic mass is 10.1. The van der Waals surface area contributed by atoms with Gasteiger partial charge in [0.15, 0.2) is 5.75 Å². The smallest absolute Gasteiger partial charge is 0.279 e. The van der Waals surface area contributed by atoms with E-state index in [4.69, 9.17) is 4.84 Å². The third-order valence-electron chi connectivity index (χ3n) is 2.59. The monoisotopic (exact) mass is 289 g/mol. The second-order valence-electron chi connectivity index (χ2n) is 5.43. The molecule has 2 aromatic rings. The van der Waals surface area contributed by atoms with Crippen LogP contribution in [0, 0.1) is 10.1 Å². The zero-order valence-corrected chi connectivity index (χ0v) is 11.9. The highest BCUT2D eigenvalue weighted by atomic mass is 16.6. The van der Waals surface area contributed by atoms with Crippen molar-refractivity contribution in [3.05, 3.63) is 40.1 Å². The van der Waals surface area contributed by atoms with Crippen molar-refractivity contribution in [2.24, 2.45) is 5.16 Å². The number of nitro groups is 1.